The van der Waals surface area contributed by atoms with Gasteiger partial charge in [0.2, 0.25) is 0 Å². The lowest BCUT2D eigenvalue weighted by atomic mass is 10.0. The molecule has 0 saturated carbocycles. The molecule has 2 heteroatoms. The monoisotopic (exact) mass is 174 g/mol. The minimum Gasteiger partial charge on any atom is -0.204 e. The first kappa shape index (κ1) is 11.3. The maximum absolute atomic E-state index is 13.1. The van der Waals surface area contributed by atoms with Crippen LogP contribution in [0.1, 0.15) is 34.6 Å². The van der Waals surface area contributed by atoms with Crippen LogP contribution in [0.4, 0.5) is 8.78 Å². The third-order valence-electron chi connectivity index (χ3n) is 1.84. The first-order chi connectivity index (χ1) is 5.37. The Morgan fingerprint density at radius 3 is 1.58 bits per heavy atom. The Balaban J connectivity index is 4.93. The minimum absolute atomic E-state index is 0.0510. The second-order valence-electron chi connectivity index (χ2n) is 3.47. The van der Waals surface area contributed by atoms with E-state index in [1.807, 2.05) is 13.8 Å². The molecule has 0 bridgehead atoms. The largest absolute Gasteiger partial charge is 0.204 e. The number of halogens is 2. The van der Waals surface area contributed by atoms with Gasteiger partial charge in [-0.15, -0.1) is 0 Å². The van der Waals surface area contributed by atoms with Crippen molar-refractivity contribution >= 4 is 0 Å². The lowest BCUT2D eigenvalue weighted by Gasteiger charge is -2.06. The summed E-state index contributed by atoms with van der Waals surface area (Å²) in [6.45, 7) is 8.41. The van der Waals surface area contributed by atoms with Gasteiger partial charge in [-0.2, -0.15) is 0 Å². The maximum atomic E-state index is 13.1. The van der Waals surface area contributed by atoms with Gasteiger partial charge in [0.15, 0.2) is 11.7 Å². The summed E-state index contributed by atoms with van der Waals surface area (Å²) in [5.41, 5.74) is 0.848. The van der Waals surface area contributed by atoms with Crippen molar-refractivity contribution < 1.29 is 8.78 Å². The average molecular weight is 174 g/mol. The fraction of sp³-hybridized carbons (Fsp3) is 0.600. The molecule has 0 heterocycles. The highest BCUT2D eigenvalue weighted by Crippen LogP contribution is 2.24. The summed E-state index contributed by atoms with van der Waals surface area (Å²) in [5.74, 6) is -1.37. The molecule has 0 radical (unpaired) electrons. The Hall–Kier alpha value is -0.660. The van der Waals surface area contributed by atoms with Crippen molar-refractivity contribution in [3.8, 4) is 0 Å². The van der Waals surface area contributed by atoms with Crippen LogP contribution < -0.4 is 0 Å². The van der Waals surface area contributed by atoms with E-state index in [-0.39, 0.29) is 5.92 Å². The standard InChI is InChI=1S/C10H16F2/c1-6(2)8(5)10(12)9(11)7(3)4/h6H,1-5H3/b10-8+. The molecule has 0 amide bonds. The Bertz CT molecular complexity index is 218. The van der Waals surface area contributed by atoms with Crippen LogP contribution in [-0.4, -0.2) is 0 Å². The van der Waals surface area contributed by atoms with E-state index in [4.69, 9.17) is 0 Å². The molecule has 0 rings (SSSR count). The second-order valence-corrected chi connectivity index (χ2v) is 3.47. The summed E-state index contributed by atoms with van der Waals surface area (Å²) in [6, 6.07) is 0. The third-order valence-corrected chi connectivity index (χ3v) is 1.84. The molecule has 0 aliphatic carbocycles. The summed E-state index contributed by atoms with van der Waals surface area (Å²) in [7, 11) is 0. The van der Waals surface area contributed by atoms with Crippen molar-refractivity contribution in [2.45, 2.75) is 34.6 Å². The van der Waals surface area contributed by atoms with Crippen LogP contribution in [0.3, 0.4) is 0 Å². The lowest BCUT2D eigenvalue weighted by Crippen LogP contribution is -1.94. The van der Waals surface area contributed by atoms with Gasteiger partial charge in [0, 0.05) is 0 Å². The Kier molecular flexibility index (Phi) is 4.15. The van der Waals surface area contributed by atoms with E-state index in [9.17, 15) is 8.78 Å². The van der Waals surface area contributed by atoms with Crippen molar-refractivity contribution in [2.75, 3.05) is 0 Å². The highest BCUT2D eigenvalue weighted by atomic mass is 19.2. The van der Waals surface area contributed by atoms with Crippen LogP contribution in [0.5, 0.6) is 0 Å². The van der Waals surface area contributed by atoms with Crippen LogP contribution in [-0.2, 0) is 0 Å². The molecular formula is C10H16F2. The van der Waals surface area contributed by atoms with Crippen LogP contribution in [0.15, 0.2) is 22.8 Å². The van der Waals surface area contributed by atoms with E-state index in [1.54, 1.807) is 20.8 Å². The number of hydrogen-bond donors (Lipinski definition) is 0. The SMILES string of the molecule is CC(C)=C(F)/C(F)=C(/C)C(C)C. The summed E-state index contributed by atoms with van der Waals surface area (Å²) in [6.07, 6.45) is 0. The summed E-state index contributed by atoms with van der Waals surface area (Å²) >= 11 is 0. The van der Waals surface area contributed by atoms with Crippen molar-refractivity contribution in [1.29, 1.82) is 0 Å². The molecule has 0 aromatic carbocycles. The molecular weight excluding hydrogens is 158 g/mol. The van der Waals surface area contributed by atoms with E-state index in [0.717, 1.165) is 0 Å². The maximum Gasteiger partial charge on any atom is 0.157 e. The highest BCUT2D eigenvalue weighted by Gasteiger charge is 2.11. The third kappa shape index (κ3) is 2.76. The quantitative estimate of drug-likeness (QED) is 0.552. The minimum atomic E-state index is -0.721. The zero-order valence-electron chi connectivity index (χ0n) is 8.33. The molecule has 0 aliphatic heterocycles. The summed E-state index contributed by atoms with van der Waals surface area (Å²) in [5, 5.41) is 0. The van der Waals surface area contributed by atoms with Gasteiger partial charge >= 0.3 is 0 Å². The lowest BCUT2D eigenvalue weighted by molar-refractivity contribution is 0.517. The fourth-order valence-corrected chi connectivity index (χ4v) is 0.646. The van der Waals surface area contributed by atoms with Gasteiger partial charge in [-0.3, -0.25) is 0 Å². The van der Waals surface area contributed by atoms with Gasteiger partial charge in [0.1, 0.15) is 0 Å². The molecule has 0 spiro atoms. The molecule has 70 valence electrons. The topological polar surface area (TPSA) is 0 Å². The zero-order valence-corrected chi connectivity index (χ0v) is 8.33. The van der Waals surface area contributed by atoms with Gasteiger partial charge in [-0.25, -0.2) is 8.78 Å². The number of hydrogen-bond acceptors (Lipinski definition) is 0. The first-order valence-corrected chi connectivity index (χ1v) is 4.07. The summed E-state index contributed by atoms with van der Waals surface area (Å²) < 4.78 is 26.1. The van der Waals surface area contributed by atoms with Crippen LogP contribution in [0.2, 0.25) is 0 Å². The molecule has 0 atom stereocenters. The van der Waals surface area contributed by atoms with Crippen molar-refractivity contribution in [3.63, 3.8) is 0 Å². The van der Waals surface area contributed by atoms with Crippen LogP contribution in [0, 0.1) is 5.92 Å². The Morgan fingerprint density at radius 1 is 0.917 bits per heavy atom. The van der Waals surface area contributed by atoms with Crippen LogP contribution >= 0.6 is 0 Å². The molecule has 0 nitrogen and oxygen atoms in total. The molecule has 0 N–H and O–H groups in total. The van der Waals surface area contributed by atoms with Gasteiger partial charge < -0.3 is 0 Å². The number of rotatable bonds is 2. The van der Waals surface area contributed by atoms with E-state index in [2.05, 4.69) is 0 Å². The second kappa shape index (κ2) is 4.39. The van der Waals surface area contributed by atoms with Gasteiger partial charge in [-0.05, 0) is 37.8 Å². The van der Waals surface area contributed by atoms with Gasteiger partial charge in [0.05, 0.1) is 0 Å². The van der Waals surface area contributed by atoms with Crippen molar-refractivity contribution in [1.82, 2.24) is 0 Å². The zero-order chi connectivity index (χ0) is 9.89. The number of allylic oxidation sites excluding steroid dienone is 4. The molecule has 12 heavy (non-hydrogen) atoms. The predicted molar refractivity (Wildman–Crippen MR) is 48.1 cm³/mol. The fourth-order valence-electron chi connectivity index (χ4n) is 0.646. The molecule has 0 unspecified atom stereocenters. The molecule has 0 aromatic heterocycles. The van der Waals surface area contributed by atoms with Gasteiger partial charge in [-0.1, -0.05) is 13.8 Å². The van der Waals surface area contributed by atoms with Gasteiger partial charge in [0.25, 0.3) is 0 Å². The first-order valence-electron chi connectivity index (χ1n) is 4.07. The van der Waals surface area contributed by atoms with Crippen molar-refractivity contribution in [3.05, 3.63) is 22.8 Å². The summed E-state index contributed by atoms with van der Waals surface area (Å²) in [4.78, 5) is 0. The van der Waals surface area contributed by atoms with Crippen LogP contribution in [0.25, 0.3) is 0 Å². The van der Waals surface area contributed by atoms with Crippen molar-refractivity contribution in [2.24, 2.45) is 5.92 Å². The smallest absolute Gasteiger partial charge is 0.157 e. The van der Waals surface area contributed by atoms with E-state index in [0.29, 0.717) is 11.1 Å². The van der Waals surface area contributed by atoms with E-state index < -0.39 is 11.7 Å². The highest BCUT2D eigenvalue weighted by molar-refractivity contribution is 5.27. The predicted octanol–water partition coefficient (Wildman–Crippen LogP) is 4.15. The molecule has 0 fully saturated rings. The normalized spacial score (nSPS) is 13.0. The van der Waals surface area contributed by atoms with E-state index in [1.165, 1.54) is 0 Å². The Labute approximate surface area is 73.0 Å². The molecule has 0 aliphatic rings. The molecule has 0 aromatic rings. The molecule has 0 saturated heterocycles. The Morgan fingerprint density at radius 2 is 1.33 bits per heavy atom. The average Bonchev–Trinajstić information content (AvgIpc) is 2.00. The van der Waals surface area contributed by atoms with E-state index >= 15 is 0 Å².